The summed E-state index contributed by atoms with van der Waals surface area (Å²) in [5.74, 6) is 1.24. The van der Waals surface area contributed by atoms with Crippen molar-refractivity contribution < 1.29 is 23.3 Å². The molecule has 10 nitrogen and oxygen atoms in total. The fraction of sp³-hybridized carbons (Fsp3) is 0.368. The van der Waals surface area contributed by atoms with Gasteiger partial charge in [0.1, 0.15) is 23.4 Å². The molecule has 11 heteroatoms. The van der Waals surface area contributed by atoms with Crippen LogP contribution in [0.3, 0.4) is 0 Å². The molecular weight excluding hydrogens is 393 g/mol. The molecule has 30 heavy (non-hydrogen) atoms. The molecular formula is C19H32FN7O3. The molecule has 0 saturated heterocycles. The molecule has 3 N–H and O–H groups in total. The summed E-state index contributed by atoms with van der Waals surface area (Å²) in [5, 5.41) is 6.39. The molecule has 168 valence electrons. The molecule has 0 fully saturated rings. The zero-order valence-electron chi connectivity index (χ0n) is 17.4. The molecule has 0 aliphatic rings. The number of hydrogen-bond donors (Lipinski definition) is 3. The molecule has 0 aliphatic carbocycles. The van der Waals surface area contributed by atoms with Crippen molar-refractivity contribution in [2.24, 2.45) is 0 Å². The van der Waals surface area contributed by atoms with Crippen LogP contribution in [0.2, 0.25) is 0 Å². The average molecular weight is 426 g/mol. The van der Waals surface area contributed by atoms with Gasteiger partial charge in [0.15, 0.2) is 0 Å². The highest BCUT2D eigenvalue weighted by atomic mass is 19.0. The van der Waals surface area contributed by atoms with Gasteiger partial charge in [0.05, 0.1) is 14.2 Å². The van der Waals surface area contributed by atoms with E-state index < -0.39 is 0 Å². The van der Waals surface area contributed by atoms with Crippen LogP contribution in [0.1, 0.15) is 10.7 Å². The molecule has 0 bridgehead atoms. The molecule has 3 heterocycles. The lowest BCUT2D eigenvalue weighted by atomic mass is 10.1. The van der Waals surface area contributed by atoms with Gasteiger partial charge in [0.25, 0.3) is 0 Å². The van der Waals surface area contributed by atoms with E-state index >= 15 is 0 Å². The van der Waals surface area contributed by atoms with Crippen LogP contribution in [0, 0.1) is 0 Å². The van der Waals surface area contributed by atoms with E-state index in [1.807, 2.05) is 20.2 Å². The SMILES string of the molecule is COc1ncnc(OC)c1-c1c[nH]c2nc(NC(=O)NCCCN(C)C)ccc12.F.[HH].[HH].[HH]. The number of ether oxygens (including phenoxy) is 2. The number of aromatic amines is 1. The number of carbonyl (C=O) groups excluding carboxylic acids is 1. The third-order valence-corrected chi connectivity index (χ3v) is 4.28. The van der Waals surface area contributed by atoms with Crippen molar-refractivity contribution >= 4 is 22.9 Å². The molecule has 3 aromatic heterocycles. The lowest BCUT2D eigenvalue weighted by Gasteiger charge is -2.11. The number of fused-ring (bicyclic) bond motifs is 1. The summed E-state index contributed by atoms with van der Waals surface area (Å²) in [4.78, 5) is 30.0. The van der Waals surface area contributed by atoms with E-state index in [0.717, 1.165) is 23.9 Å². The Morgan fingerprint density at radius 1 is 1.20 bits per heavy atom. The Bertz CT molecular complexity index is 986. The van der Waals surface area contributed by atoms with Gasteiger partial charge in [-0.15, -0.1) is 0 Å². The van der Waals surface area contributed by atoms with Crippen molar-refractivity contribution in [3.05, 3.63) is 24.7 Å². The number of pyridine rings is 1. The normalized spacial score (nSPS) is 10.6. The molecule has 3 rings (SSSR count). The van der Waals surface area contributed by atoms with Crippen LogP contribution in [0.4, 0.5) is 15.3 Å². The monoisotopic (exact) mass is 425 g/mol. The van der Waals surface area contributed by atoms with Crippen LogP contribution in [0.15, 0.2) is 24.7 Å². The van der Waals surface area contributed by atoms with Crippen LogP contribution in [0.5, 0.6) is 11.8 Å². The fourth-order valence-corrected chi connectivity index (χ4v) is 2.93. The quantitative estimate of drug-likeness (QED) is 0.475. The Kier molecular flexibility index (Phi) is 7.87. The van der Waals surface area contributed by atoms with Crippen molar-refractivity contribution in [3.63, 3.8) is 0 Å². The minimum atomic E-state index is -0.290. The first-order chi connectivity index (χ1) is 14.0. The number of amides is 2. The van der Waals surface area contributed by atoms with Crippen molar-refractivity contribution in [1.82, 2.24) is 30.2 Å². The number of anilines is 1. The van der Waals surface area contributed by atoms with Crippen LogP contribution in [-0.2, 0) is 0 Å². The molecule has 0 unspecified atom stereocenters. The summed E-state index contributed by atoms with van der Waals surface area (Å²) in [6.45, 7) is 1.50. The minimum Gasteiger partial charge on any atom is -0.480 e. The standard InChI is InChI=1S/C19H25N7O3.FH.3H2/c1-26(2)9-5-8-20-19(27)25-14-7-6-12-13(10-21-16(12)24-14)15-17(28-3)22-11-23-18(15)29-4;;;;/h6-7,10-11H,5,8-9H2,1-4H3,(H3,20,21,24,25,27);4*1H. The van der Waals surface area contributed by atoms with Gasteiger partial charge in [0, 0.05) is 28.0 Å². The number of aromatic nitrogens is 4. The summed E-state index contributed by atoms with van der Waals surface area (Å²) in [6, 6.07) is 3.31. The first kappa shape index (κ1) is 22.8. The first-order valence-corrected chi connectivity index (χ1v) is 9.14. The van der Waals surface area contributed by atoms with Crippen molar-refractivity contribution in [3.8, 4) is 22.9 Å². The lowest BCUT2D eigenvalue weighted by Crippen LogP contribution is -2.31. The smallest absolute Gasteiger partial charge is 0.320 e. The van der Waals surface area contributed by atoms with Crippen molar-refractivity contribution in [2.75, 3.05) is 46.7 Å². The maximum Gasteiger partial charge on any atom is 0.320 e. The second kappa shape index (κ2) is 10.3. The lowest BCUT2D eigenvalue weighted by molar-refractivity contribution is 0.251. The predicted molar refractivity (Wildman–Crippen MR) is 119 cm³/mol. The molecule has 0 aliphatic heterocycles. The second-order valence-corrected chi connectivity index (χ2v) is 6.60. The summed E-state index contributed by atoms with van der Waals surface area (Å²) in [6.07, 6.45) is 4.04. The highest BCUT2D eigenvalue weighted by Crippen LogP contribution is 2.38. The summed E-state index contributed by atoms with van der Waals surface area (Å²) in [7, 11) is 7.07. The number of rotatable bonds is 8. The van der Waals surface area contributed by atoms with Gasteiger partial charge in [-0.1, -0.05) is 0 Å². The summed E-state index contributed by atoms with van der Waals surface area (Å²) < 4.78 is 10.7. The number of urea groups is 1. The van der Waals surface area contributed by atoms with E-state index in [9.17, 15) is 4.79 Å². The van der Waals surface area contributed by atoms with E-state index in [1.165, 1.54) is 20.5 Å². The maximum atomic E-state index is 12.1. The van der Waals surface area contributed by atoms with E-state index in [2.05, 4.69) is 35.5 Å². The average Bonchev–Trinajstić information content (AvgIpc) is 3.13. The van der Waals surface area contributed by atoms with Gasteiger partial charge >= 0.3 is 6.03 Å². The van der Waals surface area contributed by atoms with Crippen molar-refractivity contribution in [1.29, 1.82) is 0 Å². The number of nitrogens with one attached hydrogen (secondary N) is 3. The van der Waals surface area contributed by atoms with Crippen LogP contribution in [0.25, 0.3) is 22.2 Å². The zero-order valence-corrected chi connectivity index (χ0v) is 17.4. The number of methoxy groups -OCH3 is 2. The Morgan fingerprint density at radius 3 is 2.53 bits per heavy atom. The highest BCUT2D eigenvalue weighted by Gasteiger charge is 2.19. The van der Waals surface area contributed by atoms with Crippen LogP contribution in [-0.4, -0.2) is 72.3 Å². The van der Waals surface area contributed by atoms with E-state index in [1.54, 1.807) is 12.3 Å². The Morgan fingerprint density at radius 2 is 1.90 bits per heavy atom. The van der Waals surface area contributed by atoms with Gasteiger partial charge in [-0.2, -0.15) is 0 Å². The largest absolute Gasteiger partial charge is 0.480 e. The molecule has 0 saturated carbocycles. The van der Waals surface area contributed by atoms with E-state index in [4.69, 9.17) is 9.47 Å². The molecule has 0 radical (unpaired) electrons. The fourth-order valence-electron chi connectivity index (χ4n) is 2.93. The topological polar surface area (TPSA) is 117 Å². The molecule has 0 aromatic carbocycles. The number of halogens is 1. The molecule has 3 aromatic rings. The number of carbonyl (C=O) groups is 1. The maximum absolute atomic E-state index is 12.1. The number of nitrogens with zero attached hydrogens (tertiary/aromatic N) is 4. The summed E-state index contributed by atoms with van der Waals surface area (Å²) in [5.41, 5.74) is 2.03. The number of hydrogen-bond acceptors (Lipinski definition) is 7. The minimum absolute atomic E-state index is 0. The molecule has 2 amide bonds. The van der Waals surface area contributed by atoms with E-state index in [0.29, 0.717) is 35.3 Å². The highest BCUT2D eigenvalue weighted by molar-refractivity contribution is 5.98. The van der Waals surface area contributed by atoms with E-state index in [-0.39, 0.29) is 15.0 Å². The predicted octanol–water partition coefficient (Wildman–Crippen LogP) is 3.00. The molecule has 0 atom stereocenters. The third kappa shape index (κ3) is 5.11. The van der Waals surface area contributed by atoms with Crippen molar-refractivity contribution in [2.45, 2.75) is 6.42 Å². The second-order valence-electron chi connectivity index (χ2n) is 6.60. The Labute approximate surface area is 177 Å². The summed E-state index contributed by atoms with van der Waals surface area (Å²) >= 11 is 0. The molecule has 0 spiro atoms. The number of H-pyrrole nitrogens is 1. The van der Waals surface area contributed by atoms with Gasteiger partial charge in [-0.05, 0) is 39.2 Å². The van der Waals surface area contributed by atoms with Crippen LogP contribution >= 0.6 is 0 Å². The Balaban J connectivity index is 0. The van der Waals surface area contributed by atoms with Gasteiger partial charge in [-0.25, -0.2) is 19.7 Å². The zero-order chi connectivity index (χ0) is 20.8. The van der Waals surface area contributed by atoms with Gasteiger partial charge in [0.2, 0.25) is 11.8 Å². The van der Waals surface area contributed by atoms with Gasteiger partial charge in [-0.3, -0.25) is 10.0 Å². The first-order valence-electron chi connectivity index (χ1n) is 9.14. The van der Waals surface area contributed by atoms with Gasteiger partial charge < -0.3 is 24.7 Å². The Hall–Kier alpha value is -3.47. The third-order valence-electron chi connectivity index (χ3n) is 4.28. The van der Waals surface area contributed by atoms with Crippen LogP contribution < -0.4 is 20.1 Å².